The minimum absolute atomic E-state index is 0.131. The van der Waals surface area contributed by atoms with Gasteiger partial charge in [0.1, 0.15) is 0 Å². The third-order valence-electron chi connectivity index (χ3n) is 2.11. The molecule has 0 spiro atoms. The molecule has 0 aliphatic rings. The first kappa shape index (κ1) is 11.1. The molecule has 74 valence electrons. The fourth-order valence-electron chi connectivity index (χ4n) is 1.20. The average Bonchev–Trinajstić information content (AvgIpc) is 2.22. The standard InChI is InChI=1S/C12H14ClN/c1-3-11(4-2)14-9-10-7-5-6-8-12(10)13/h1,5-8,11,14H,4,9H2,2H3. The molecule has 0 aliphatic heterocycles. The molecule has 1 rings (SSSR count). The minimum atomic E-state index is 0.131. The fourth-order valence-corrected chi connectivity index (χ4v) is 1.40. The van der Waals surface area contributed by atoms with E-state index in [-0.39, 0.29) is 6.04 Å². The van der Waals surface area contributed by atoms with E-state index in [0.29, 0.717) is 0 Å². The van der Waals surface area contributed by atoms with Crippen molar-refractivity contribution in [1.82, 2.24) is 5.32 Å². The molecule has 1 N–H and O–H groups in total. The van der Waals surface area contributed by atoms with E-state index >= 15 is 0 Å². The molecule has 0 fully saturated rings. The number of terminal acetylenes is 1. The lowest BCUT2D eigenvalue weighted by molar-refractivity contribution is 0.592. The van der Waals surface area contributed by atoms with Crippen LogP contribution in [0.4, 0.5) is 0 Å². The molecule has 1 nitrogen and oxygen atoms in total. The Morgan fingerprint density at radius 3 is 2.79 bits per heavy atom. The van der Waals surface area contributed by atoms with Crippen LogP contribution in [0.5, 0.6) is 0 Å². The maximum Gasteiger partial charge on any atom is 0.0686 e. The minimum Gasteiger partial charge on any atom is -0.300 e. The van der Waals surface area contributed by atoms with Crippen molar-refractivity contribution in [3.05, 3.63) is 34.9 Å². The van der Waals surface area contributed by atoms with Crippen LogP contribution in [0, 0.1) is 12.3 Å². The topological polar surface area (TPSA) is 12.0 Å². The summed E-state index contributed by atoms with van der Waals surface area (Å²) in [7, 11) is 0. The predicted octanol–water partition coefficient (Wildman–Crippen LogP) is 2.84. The van der Waals surface area contributed by atoms with Crippen molar-refractivity contribution in [3.8, 4) is 12.3 Å². The van der Waals surface area contributed by atoms with E-state index < -0.39 is 0 Å². The second kappa shape index (κ2) is 5.70. The lowest BCUT2D eigenvalue weighted by atomic mass is 10.2. The van der Waals surface area contributed by atoms with Crippen molar-refractivity contribution in [1.29, 1.82) is 0 Å². The highest BCUT2D eigenvalue weighted by Crippen LogP contribution is 2.14. The first-order chi connectivity index (χ1) is 6.77. The highest BCUT2D eigenvalue weighted by atomic mass is 35.5. The summed E-state index contributed by atoms with van der Waals surface area (Å²) >= 11 is 6.00. The summed E-state index contributed by atoms with van der Waals surface area (Å²) in [5, 5.41) is 4.04. The van der Waals surface area contributed by atoms with Crippen LogP contribution < -0.4 is 5.32 Å². The molecule has 14 heavy (non-hydrogen) atoms. The van der Waals surface area contributed by atoms with E-state index in [0.717, 1.165) is 23.6 Å². The number of benzene rings is 1. The summed E-state index contributed by atoms with van der Waals surface area (Å²) in [6, 6.07) is 7.91. The Labute approximate surface area is 90.5 Å². The van der Waals surface area contributed by atoms with E-state index in [1.807, 2.05) is 24.3 Å². The second-order valence-corrected chi connectivity index (χ2v) is 3.51. The highest BCUT2D eigenvalue weighted by molar-refractivity contribution is 6.31. The van der Waals surface area contributed by atoms with Gasteiger partial charge in [-0.25, -0.2) is 0 Å². The number of nitrogens with one attached hydrogen (secondary N) is 1. The van der Waals surface area contributed by atoms with Crippen molar-refractivity contribution in [2.24, 2.45) is 0 Å². The molecule has 0 aliphatic carbocycles. The molecule has 1 aromatic rings. The SMILES string of the molecule is C#CC(CC)NCc1ccccc1Cl. The van der Waals surface area contributed by atoms with Gasteiger partial charge in [-0.15, -0.1) is 6.42 Å². The van der Waals surface area contributed by atoms with Gasteiger partial charge in [-0.3, -0.25) is 5.32 Å². The highest BCUT2D eigenvalue weighted by Gasteiger charge is 2.02. The third kappa shape index (κ3) is 3.06. The van der Waals surface area contributed by atoms with Crippen molar-refractivity contribution in [2.75, 3.05) is 0 Å². The zero-order valence-electron chi connectivity index (χ0n) is 8.26. The van der Waals surface area contributed by atoms with E-state index in [4.69, 9.17) is 18.0 Å². The van der Waals surface area contributed by atoms with Gasteiger partial charge in [0.15, 0.2) is 0 Å². The summed E-state index contributed by atoms with van der Waals surface area (Å²) in [6.45, 7) is 2.78. The Hall–Kier alpha value is -0.970. The molecular weight excluding hydrogens is 194 g/mol. The van der Waals surface area contributed by atoms with Crippen LogP contribution in [-0.4, -0.2) is 6.04 Å². The molecule has 0 bridgehead atoms. The van der Waals surface area contributed by atoms with Crippen molar-refractivity contribution in [3.63, 3.8) is 0 Å². The number of rotatable bonds is 4. The average molecular weight is 208 g/mol. The number of hydrogen-bond donors (Lipinski definition) is 1. The van der Waals surface area contributed by atoms with Gasteiger partial charge < -0.3 is 0 Å². The summed E-state index contributed by atoms with van der Waals surface area (Å²) in [6.07, 6.45) is 6.27. The molecular formula is C12H14ClN. The Morgan fingerprint density at radius 1 is 1.50 bits per heavy atom. The summed E-state index contributed by atoms with van der Waals surface area (Å²) in [5.74, 6) is 2.69. The van der Waals surface area contributed by atoms with Gasteiger partial charge in [0, 0.05) is 11.6 Å². The van der Waals surface area contributed by atoms with Crippen LogP contribution in [0.25, 0.3) is 0 Å². The van der Waals surface area contributed by atoms with Gasteiger partial charge in [-0.2, -0.15) is 0 Å². The predicted molar refractivity (Wildman–Crippen MR) is 61.2 cm³/mol. The quantitative estimate of drug-likeness (QED) is 0.749. The molecule has 0 amide bonds. The largest absolute Gasteiger partial charge is 0.300 e. The molecule has 0 saturated heterocycles. The molecule has 0 heterocycles. The fraction of sp³-hybridized carbons (Fsp3) is 0.333. The van der Waals surface area contributed by atoms with Crippen LogP contribution in [0.2, 0.25) is 5.02 Å². The molecule has 0 radical (unpaired) electrons. The van der Waals surface area contributed by atoms with E-state index in [2.05, 4.69) is 18.2 Å². The first-order valence-corrected chi connectivity index (χ1v) is 5.08. The Bertz CT molecular complexity index is 327. The molecule has 1 atom stereocenters. The van der Waals surface area contributed by atoms with Crippen LogP contribution in [0.3, 0.4) is 0 Å². The zero-order valence-corrected chi connectivity index (χ0v) is 9.01. The lowest BCUT2D eigenvalue weighted by Gasteiger charge is -2.11. The number of halogens is 1. The van der Waals surface area contributed by atoms with Gasteiger partial charge in [0.2, 0.25) is 0 Å². The monoisotopic (exact) mass is 207 g/mol. The van der Waals surface area contributed by atoms with Gasteiger partial charge in [0.25, 0.3) is 0 Å². The van der Waals surface area contributed by atoms with Gasteiger partial charge >= 0.3 is 0 Å². The normalized spacial score (nSPS) is 12.1. The van der Waals surface area contributed by atoms with Crippen LogP contribution in [-0.2, 0) is 6.54 Å². The van der Waals surface area contributed by atoms with Gasteiger partial charge in [0.05, 0.1) is 6.04 Å². The Kier molecular flexibility index (Phi) is 4.52. The van der Waals surface area contributed by atoms with E-state index in [1.165, 1.54) is 0 Å². The molecule has 0 aromatic heterocycles. The zero-order chi connectivity index (χ0) is 10.4. The van der Waals surface area contributed by atoms with Gasteiger partial charge in [-0.05, 0) is 18.1 Å². The van der Waals surface area contributed by atoms with Crippen molar-refractivity contribution < 1.29 is 0 Å². The maximum absolute atomic E-state index is 6.00. The van der Waals surface area contributed by atoms with Crippen molar-refractivity contribution >= 4 is 11.6 Å². The summed E-state index contributed by atoms with van der Waals surface area (Å²) < 4.78 is 0. The van der Waals surface area contributed by atoms with Crippen LogP contribution >= 0.6 is 11.6 Å². The molecule has 1 unspecified atom stereocenters. The molecule has 0 saturated carbocycles. The first-order valence-electron chi connectivity index (χ1n) is 4.70. The van der Waals surface area contributed by atoms with E-state index in [1.54, 1.807) is 0 Å². The molecule has 1 aromatic carbocycles. The Morgan fingerprint density at radius 2 is 2.21 bits per heavy atom. The smallest absolute Gasteiger partial charge is 0.0686 e. The second-order valence-electron chi connectivity index (χ2n) is 3.10. The summed E-state index contributed by atoms with van der Waals surface area (Å²) in [4.78, 5) is 0. The molecule has 2 heteroatoms. The summed E-state index contributed by atoms with van der Waals surface area (Å²) in [5.41, 5.74) is 1.09. The third-order valence-corrected chi connectivity index (χ3v) is 2.47. The van der Waals surface area contributed by atoms with Crippen LogP contribution in [0.1, 0.15) is 18.9 Å². The Balaban J connectivity index is 2.54. The van der Waals surface area contributed by atoms with Crippen molar-refractivity contribution in [2.45, 2.75) is 25.9 Å². The maximum atomic E-state index is 6.00. The van der Waals surface area contributed by atoms with Crippen LogP contribution in [0.15, 0.2) is 24.3 Å². The lowest BCUT2D eigenvalue weighted by Crippen LogP contribution is -2.26. The van der Waals surface area contributed by atoms with E-state index in [9.17, 15) is 0 Å². The van der Waals surface area contributed by atoms with Gasteiger partial charge in [-0.1, -0.05) is 42.6 Å². The number of hydrogen-bond acceptors (Lipinski definition) is 1.